The topological polar surface area (TPSA) is 116 Å². The van der Waals surface area contributed by atoms with E-state index >= 15 is 0 Å². The van der Waals surface area contributed by atoms with Crippen LogP contribution in [0.3, 0.4) is 0 Å². The lowest BCUT2D eigenvalue weighted by Gasteiger charge is -2.13. The van der Waals surface area contributed by atoms with Crippen LogP contribution in [-0.4, -0.2) is 40.1 Å². The van der Waals surface area contributed by atoms with Crippen molar-refractivity contribution >= 4 is 40.6 Å². The Hall–Kier alpha value is -4.44. The van der Waals surface area contributed by atoms with Gasteiger partial charge >= 0.3 is 5.97 Å². The van der Waals surface area contributed by atoms with E-state index in [9.17, 15) is 24.5 Å². The molecule has 0 aromatic heterocycles. The van der Waals surface area contributed by atoms with E-state index < -0.39 is 22.0 Å². The molecule has 3 aromatic rings. The molecule has 3 aromatic carbocycles. The van der Waals surface area contributed by atoms with Gasteiger partial charge in [-0.1, -0.05) is 36.4 Å². The Kier molecular flexibility index (Phi) is 7.22. The number of para-hydroxylation sites is 1. The number of carbonyl (C=O) groups is 3. The molecule has 4 rings (SSSR count). The minimum atomic E-state index is -0.760. The van der Waals surface area contributed by atoms with Crippen LogP contribution >= 0.6 is 11.8 Å². The van der Waals surface area contributed by atoms with E-state index in [0.717, 1.165) is 22.7 Å². The molecule has 0 unspecified atom stereocenters. The Morgan fingerprint density at radius 3 is 2.49 bits per heavy atom. The zero-order valence-electron chi connectivity index (χ0n) is 18.2. The van der Waals surface area contributed by atoms with Crippen molar-refractivity contribution in [2.75, 3.05) is 13.2 Å². The average Bonchev–Trinajstić information content (AvgIpc) is 3.12. The standard InChI is InChI=1S/C25H18N2O7S/c28-23-22(35-25(30)26(23)12-13-33-20-9-2-1-3-10-20)15-17-6-4-11-21(14-17)34-24(29)18-7-5-8-19(16-18)27(31)32/h1-11,14-16H,12-13H2/b22-15-. The van der Waals surface area contributed by atoms with Crippen molar-refractivity contribution in [2.24, 2.45) is 0 Å². The second-order valence-corrected chi connectivity index (χ2v) is 8.26. The fourth-order valence-electron chi connectivity index (χ4n) is 3.20. The number of hydrogen-bond acceptors (Lipinski definition) is 8. The predicted molar refractivity (Wildman–Crippen MR) is 129 cm³/mol. The van der Waals surface area contributed by atoms with E-state index in [1.54, 1.807) is 30.3 Å². The maximum Gasteiger partial charge on any atom is 0.343 e. The summed E-state index contributed by atoms with van der Waals surface area (Å²) in [7, 11) is 0. The molecule has 0 atom stereocenters. The normalized spacial score (nSPS) is 14.3. The van der Waals surface area contributed by atoms with Gasteiger partial charge in [-0.2, -0.15) is 0 Å². The fourth-order valence-corrected chi connectivity index (χ4v) is 4.06. The number of carbonyl (C=O) groups excluding carboxylic acids is 3. The molecule has 35 heavy (non-hydrogen) atoms. The van der Waals surface area contributed by atoms with E-state index in [0.29, 0.717) is 11.3 Å². The first kappa shape index (κ1) is 23.7. The number of esters is 1. The maximum atomic E-state index is 12.7. The predicted octanol–water partition coefficient (Wildman–Crippen LogP) is 4.93. The monoisotopic (exact) mass is 490 g/mol. The van der Waals surface area contributed by atoms with E-state index in [-0.39, 0.29) is 35.1 Å². The van der Waals surface area contributed by atoms with Gasteiger partial charge in [-0.05, 0) is 53.7 Å². The van der Waals surface area contributed by atoms with Crippen LogP contribution in [0.2, 0.25) is 0 Å². The Labute approximate surface area is 204 Å². The van der Waals surface area contributed by atoms with Crippen LogP contribution in [0.1, 0.15) is 15.9 Å². The summed E-state index contributed by atoms with van der Waals surface area (Å²) in [6, 6.07) is 20.7. The highest BCUT2D eigenvalue weighted by Crippen LogP contribution is 2.32. The lowest BCUT2D eigenvalue weighted by molar-refractivity contribution is -0.384. The minimum Gasteiger partial charge on any atom is -0.492 e. The lowest BCUT2D eigenvalue weighted by atomic mass is 10.2. The molecule has 10 heteroatoms. The van der Waals surface area contributed by atoms with E-state index in [1.807, 2.05) is 18.2 Å². The summed E-state index contributed by atoms with van der Waals surface area (Å²) in [6.07, 6.45) is 1.54. The van der Waals surface area contributed by atoms with Crippen LogP contribution in [0.5, 0.6) is 11.5 Å². The second kappa shape index (κ2) is 10.7. The Balaban J connectivity index is 1.41. The minimum absolute atomic E-state index is 0.0310. The highest BCUT2D eigenvalue weighted by molar-refractivity contribution is 8.18. The number of nitro groups is 1. The maximum absolute atomic E-state index is 12.7. The molecule has 2 amide bonds. The largest absolute Gasteiger partial charge is 0.492 e. The van der Waals surface area contributed by atoms with Gasteiger partial charge in [0.15, 0.2) is 0 Å². The van der Waals surface area contributed by atoms with Gasteiger partial charge in [0.05, 0.1) is 21.9 Å². The Bertz CT molecular complexity index is 1320. The third kappa shape index (κ3) is 5.92. The first-order valence-corrected chi connectivity index (χ1v) is 11.2. The zero-order chi connectivity index (χ0) is 24.8. The number of rotatable bonds is 8. The van der Waals surface area contributed by atoms with Crippen LogP contribution < -0.4 is 9.47 Å². The SMILES string of the molecule is O=C(Oc1cccc(/C=C2\SC(=O)N(CCOc3ccccc3)C2=O)c1)c1cccc([N+](=O)[O-])c1. The summed E-state index contributed by atoms with van der Waals surface area (Å²) in [5.41, 5.74) is 0.349. The first-order chi connectivity index (χ1) is 16.9. The van der Waals surface area contributed by atoms with E-state index in [4.69, 9.17) is 9.47 Å². The molecule has 0 N–H and O–H groups in total. The van der Waals surface area contributed by atoms with Crippen molar-refractivity contribution in [1.82, 2.24) is 4.90 Å². The zero-order valence-corrected chi connectivity index (χ0v) is 19.0. The van der Waals surface area contributed by atoms with Gasteiger partial charge in [0.1, 0.15) is 18.1 Å². The van der Waals surface area contributed by atoms with Gasteiger partial charge in [0, 0.05) is 12.1 Å². The molecule has 176 valence electrons. The molecule has 0 radical (unpaired) electrons. The molecule has 1 aliphatic heterocycles. The van der Waals surface area contributed by atoms with Crippen molar-refractivity contribution in [3.63, 3.8) is 0 Å². The molecule has 1 aliphatic rings. The van der Waals surface area contributed by atoms with Crippen LogP contribution in [0.25, 0.3) is 6.08 Å². The van der Waals surface area contributed by atoms with Crippen LogP contribution in [0.4, 0.5) is 10.5 Å². The van der Waals surface area contributed by atoms with Gasteiger partial charge in [-0.3, -0.25) is 24.6 Å². The summed E-state index contributed by atoms with van der Waals surface area (Å²) < 4.78 is 10.9. The van der Waals surface area contributed by atoms with Crippen molar-refractivity contribution in [1.29, 1.82) is 0 Å². The quantitative estimate of drug-likeness (QED) is 0.143. The Morgan fingerprint density at radius 1 is 0.971 bits per heavy atom. The number of benzene rings is 3. The number of amides is 2. The average molecular weight is 490 g/mol. The number of nitro benzene ring substituents is 1. The molecule has 1 saturated heterocycles. The van der Waals surface area contributed by atoms with E-state index in [2.05, 4.69) is 0 Å². The van der Waals surface area contributed by atoms with Gasteiger partial charge in [0.2, 0.25) is 0 Å². The number of hydrogen-bond donors (Lipinski definition) is 0. The van der Waals surface area contributed by atoms with Gasteiger partial charge in [0.25, 0.3) is 16.8 Å². The number of ether oxygens (including phenoxy) is 2. The Morgan fingerprint density at radius 2 is 1.71 bits per heavy atom. The molecule has 0 saturated carbocycles. The molecule has 0 spiro atoms. The number of imide groups is 1. The van der Waals surface area contributed by atoms with E-state index in [1.165, 1.54) is 30.3 Å². The van der Waals surface area contributed by atoms with Gasteiger partial charge in [-0.25, -0.2) is 4.79 Å². The molecular weight excluding hydrogens is 472 g/mol. The first-order valence-electron chi connectivity index (χ1n) is 10.4. The molecule has 0 bridgehead atoms. The van der Waals surface area contributed by atoms with Crippen molar-refractivity contribution < 1.29 is 28.8 Å². The number of nitrogens with zero attached hydrogens (tertiary/aromatic N) is 2. The van der Waals surface area contributed by atoms with Crippen LogP contribution in [0, 0.1) is 10.1 Å². The van der Waals surface area contributed by atoms with Crippen molar-refractivity contribution in [3.05, 3.63) is 105 Å². The van der Waals surface area contributed by atoms with Gasteiger partial charge in [-0.15, -0.1) is 0 Å². The second-order valence-electron chi connectivity index (χ2n) is 7.26. The summed E-state index contributed by atoms with van der Waals surface area (Å²) in [6.45, 7) is 0.274. The molecular formula is C25H18N2O7S. The van der Waals surface area contributed by atoms with Gasteiger partial charge < -0.3 is 9.47 Å². The molecule has 9 nitrogen and oxygen atoms in total. The molecule has 1 heterocycles. The molecule has 0 aliphatic carbocycles. The molecule has 1 fully saturated rings. The summed E-state index contributed by atoms with van der Waals surface area (Å²) in [5, 5.41) is 10.5. The summed E-state index contributed by atoms with van der Waals surface area (Å²) >= 11 is 0.815. The lowest BCUT2D eigenvalue weighted by Crippen LogP contribution is -2.32. The van der Waals surface area contributed by atoms with Crippen LogP contribution in [-0.2, 0) is 4.79 Å². The highest BCUT2D eigenvalue weighted by Gasteiger charge is 2.34. The fraction of sp³-hybridized carbons (Fsp3) is 0.0800. The third-order valence-electron chi connectivity index (χ3n) is 4.86. The van der Waals surface area contributed by atoms with Crippen LogP contribution in [0.15, 0.2) is 83.8 Å². The number of thioether (sulfide) groups is 1. The van der Waals surface area contributed by atoms with Crippen molar-refractivity contribution in [3.8, 4) is 11.5 Å². The number of non-ortho nitro benzene ring substituents is 1. The summed E-state index contributed by atoms with van der Waals surface area (Å²) in [5.74, 6) is -0.363. The van der Waals surface area contributed by atoms with Crippen molar-refractivity contribution in [2.45, 2.75) is 0 Å². The smallest absolute Gasteiger partial charge is 0.343 e. The third-order valence-corrected chi connectivity index (χ3v) is 5.77. The summed E-state index contributed by atoms with van der Waals surface area (Å²) in [4.78, 5) is 49.1. The highest BCUT2D eigenvalue weighted by atomic mass is 32.2.